The van der Waals surface area contributed by atoms with E-state index in [9.17, 15) is 9.59 Å². The van der Waals surface area contributed by atoms with Crippen molar-refractivity contribution in [2.75, 3.05) is 26.2 Å². The summed E-state index contributed by atoms with van der Waals surface area (Å²) in [6.07, 6.45) is 6.38. The first kappa shape index (κ1) is 14.9. The van der Waals surface area contributed by atoms with Crippen LogP contribution in [0.2, 0.25) is 0 Å². The van der Waals surface area contributed by atoms with E-state index in [1.54, 1.807) is 0 Å². The van der Waals surface area contributed by atoms with Gasteiger partial charge in [0, 0.05) is 6.54 Å². The molecule has 104 valence electrons. The van der Waals surface area contributed by atoms with E-state index in [0.717, 1.165) is 12.8 Å². The van der Waals surface area contributed by atoms with Crippen LogP contribution in [-0.4, -0.2) is 44.2 Å². The average molecular weight is 257 g/mol. The van der Waals surface area contributed by atoms with Crippen molar-refractivity contribution in [3.63, 3.8) is 0 Å². The fourth-order valence-corrected chi connectivity index (χ4v) is 1.96. The standard InChI is InChI=1S/C12H23N3O3/c13-8-11(16)15-9-12(17)14-6-7-18-10-4-2-1-3-5-10/h10H,1-9,13H2,(H,14,17)(H,15,16). The summed E-state index contributed by atoms with van der Waals surface area (Å²) in [7, 11) is 0. The Kier molecular flexibility index (Phi) is 7.36. The lowest BCUT2D eigenvalue weighted by Crippen LogP contribution is -2.40. The number of ether oxygens (including phenoxy) is 1. The van der Waals surface area contributed by atoms with Gasteiger partial charge >= 0.3 is 0 Å². The Morgan fingerprint density at radius 1 is 1.11 bits per heavy atom. The molecule has 1 saturated carbocycles. The molecule has 1 aliphatic carbocycles. The first-order valence-corrected chi connectivity index (χ1v) is 6.57. The van der Waals surface area contributed by atoms with Gasteiger partial charge in [-0.25, -0.2) is 0 Å². The second-order valence-corrected chi connectivity index (χ2v) is 4.46. The van der Waals surface area contributed by atoms with Crippen molar-refractivity contribution in [1.82, 2.24) is 10.6 Å². The molecule has 0 unspecified atom stereocenters. The first-order chi connectivity index (χ1) is 8.72. The van der Waals surface area contributed by atoms with Gasteiger partial charge in [-0.15, -0.1) is 0 Å². The van der Waals surface area contributed by atoms with Crippen LogP contribution in [0.3, 0.4) is 0 Å². The molecule has 0 bridgehead atoms. The van der Waals surface area contributed by atoms with Crippen LogP contribution < -0.4 is 16.4 Å². The zero-order chi connectivity index (χ0) is 13.2. The molecule has 0 aromatic carbocycles. The van der Waals surface area contributed by atoms with Crippen LogP contribution in [0.15, 0.2) is 0 Å². The third-order valence-corrected chi connectivity index (χ3v) is 2.96. The van der Waals surface area contributed by atoms with Gasteiger partial charge in [-0.05, 0) is 12.8 Å². The number of nitrogens with two attached hydrogens (primary N) is 1. The first-order valence-electron chi connectivity index (χ1n) is 6.57. The summed E-state index contributed by atoms with van der Waals surface area (Å²) in [6.45, 7) is 0.882. The second-order valence-electron chi connectivity index (χ2n) is 4.46. The fraction of sp³-hybridized carbons (Fsp3) is 0.833. The number of rotatable bonds is 7. The average Bonchev–Trinajstić information content (AvgIpc) is 2.42. The van der Waals surface area contributed by atoms with E-state index in [-0.39, 0.29) is 24.9 Å². The molecule has 1 fully saturated rings. The molecule has 0 heterocycles. The van der Waals surface area contributed by atoms with Crippen molar-refractivity contribution in [2.45, 2.75) is 38.2 Å². The summed E-state index contributed by atoms with van der Waals surface area (Å²) in [4.78, 5) is 22.1. The van der Waals surface area contributed by atoms with Crippen molar-refractivity contribution in [3.8, 4) is 0 Å². The highest BCUT2D eigenvalue weighted by atomic mass is 16.5. The highest BCUT2D eigenvalue weighted by molar-refractivity contribution is 5.85. The Hall–Kier alpha value is -1.14. The molecule has 1 rings (SSSR count). The topological polar surface area (TPSA) is 93.5 Å². The summed E-state index contributed by atoms with van der Waals surface area (Å²) in [5.41, 5.74) is 5.10. The summed E-state index contributed by atoms with van der Waals surface area (Å²) >= 11 is 0. The second kappa shape index (κ2) is 8.88. The molecule has 6 nitrogen and oxygen atoms in total. The maximum atomic E-state index is 11.3. The minimum absolute atomic E-state index is 0.0283. The van der Waals surface area contributed by atoms with Crippen LogP contribution in [0.25, 0.3) is 0 Å². The Balaban J connectivity index is 1.96. The quantitative estimate of drug-likeness (QED) is 0.537. The maximum absolute atomic E-state index is 11.3. The minimum atomic E-state index is -0.330. The lowest BCUT2D eigenvalue weighted by Gasteiger charge is -2.21. The largest absolute Gasteiger partial charge is 0.376 e. The number of hydrogen-bond acceptors (Lipinski definition) is 4. The Bertz CT molecular complexity index is 265. The van der Waals surface area contributed by atoms with Gasteiger partial charge in [0.15, 0.2) is 0 Å². The summed E-state index contributed by atoms with van der Waals surface area (Å²) in [5.74, 6) is -0.548. The molecular formula is C12H23N3O3. The number of nitrogens with one attached hydrogen (secondary N) is 2. The summed E-state index contributed by atoms with van der Waals surface area (Å²) in [5, 5.41) is 5.09. The number of amides is 2. The van der Waals surface area contributed by atoms with Gasteiger partial charge in [-0.2, -0.15) is 0 Å². The molecule has 6 heteroatoms. The molecule has 0 aromatic heterocycles. The molecule has 4 N–H and O–H groups in total. The molecule has 0 aliphatic heterocycles. The van der Waals surface area contributed by atoms with Crippen LogP contribution in [0.5, 0.6) is 0 Å². The molecule has 0 saturated heterocycles. The van der Waals surface area contributed by atoms with Gasteiger partial charge in [0.05, 0.1) is 25.8 Å². The van der Waals surface area contributed by atoms with Gasteiger partial charge < -0.3 is 21.1 Å². The summed E-state index contributed by atoms with van der Waals surface area (Å²) < 4.78 is 5.66. The van der Waals surface area contributed by atoms with E-state index >= 15 is 0 Å². The molecule has 0 aromatic rings. The van der Waals surface area contributed by atoms with Crippen molar-refractivity contribution < 1.29 is 14.3 Å². The van der Waals surface area contributed by atoms with Crippen LogP contribution >= 0.6 is 0 Å². The number of carbonyl (C=O) groups excluding carboxylic acids is 2. The Labute approximate surface area is 108 Å². The molecule has 0 radical (unpaired) electrons. The van der Waals surface area contributed by atoms with E-state index in [1.807, 2.05) is 0 Å². The van der Waals surface area contributed by atoms with Gasteiger partial charge in [-0.1, -0.05) is 19.3 Å². The SMILES string of the molecule is NCC(=O)NCC(=O)NCCOC1CCCCC1. The number of carbonyl (C=O) groups is 2. The fourth-order valence-electron chi connectivity index (χ4n) is 1.96. The van der Waals surface area contributed by atoms with Gasteiger partial charge in [0.1, 0.15) is 0 Å². The predicted octanol–water partition coefficient (Wildman–Crippen LogP) is -0.473. The lowest BCUT2D eigenvalue weighted by atomic mass is 9.98. The van der Waals surface area contributed by atoms with Crippen LogP contribution in [0, 0.1) is 0 Å². The van der Waals surface area contributed by atoms with E-state index in [4.69, 9.17) is 10.5 Å². The van der Waals surface area contributed by atoms with E-state index < -0.39 is 0 Å². The van der Waals surface area contributed by atoms with Gasteiger partial charge in [0.25, 0.3) is 0 Å². The molecule has 2 amide bonds. The zero-order valence-corrected chi connectivity index (χ0v) is 10.7. The molecule has 0 spiro atoms. The molecular weight excluding hydrogens is 234 g/mol. The van der Waals surface area contributed by atoms with Gasteiger partial charge in [0.2, 0.25) is 11.8 Å². The van der Waals surface area contributed by atoms with Gasteiger partial charge in [-0.3, -0.25) is 9.59 Å². The zero-order valence-electron chi connectivity index (χ0n) is 10.7. The molecule has 18 heavy (non-hydrogen) atoms. The number of hydrogen-bond donors (Lipinski definition) is 3. The predicted molar refractivity (Wildman–Crippen MR) is 67.9 cm³/mol. The van der Waals surface area contributed by atoms with E-state index in [1.165, 1.54) is 19.3 Å². The van der Waals surface area contributed by atoms with Crippen molar-refractivity contribution in [1.29, 1.82) is 0 Å². The molecule has 1 aliphatic rings. The van der Waals surface area contributed by atoms with Crippen LogP contribution in [0.4, 0.5) is 0 Å². The van der Waals surface area contributed by atoms with Crippen molar-refractivity contribution in [3.05, 3.63) is 0 Å². The maximum Gasteiger partial charge on any atom is 0.239 e. The van der Waals surface area contributed by atoms with Crippen LogP contribution in [0.1, 0.15) is 32.1 Å². The smallest absolute Gasteiger partial charge is 0.239 e. The Morgan fingerprint density at radius 3 is 2.50 bits per heavy atom. The monoisotopic (exact) mass is 257 g/mol. The normalized spacial score (nSPS) is 16.3. The Morgan fingerprint density at radius 2 is 1.83 bits per heavy atom. The summed E-state index contributed by atoms with van der Waals surface area (Å²) in [6, 6.07) is 0. The van der Waals surface area contributed by atoms with Crippen molar-refractivity contribution in [2.24, 2.45) is 5.73 Å². The van der Waals surface area contributed by atoms with Crippen LogP contribution in [-0.2, 0) is 14.3 Å². The van der Waals surface area contributed by atoms with E-state index in [0.29, 0.717) is 19.3 Å². The highest BCUT2D eigenvalue weighted by Gasteiger charge is 2.13. The van der Waals surface area contributed by atoms with E-state index in [2.05, 4.69) is 10.6 Å². The minimum Gasteiger partial charge on any atom is -0.376 e. The third-order valence-electron chi connectivity index (χ3n) is 2.96. The third kappa shape index (κ3) is 6.56. The molecule has 0 atom stereocenters. The van der Waals surface area contributed by atoms with Crippen molar-refractivity contribution >= 4 is 11.8 Å². The lowest BCUT2D eigenvalue weighted by molar-refractivity contribution is -0.125. The highest BCUT2D eigenvalue weighted by Crippen LogP contribution is 2.19.